The zero-order chi connectivity index (χ0) is 27.4. The number of carbonyl (C=O) groups is 1. The van der Waals surface area contributed by atoms with Crippen molar-refractivity contribution in [2.45, 2.75) is 23.9 Å². The quantitative estimate of drug-likeness (QED) is 0.266. The normalized spacial score (nSPS) is 14.3. The predicted molar refractivity (Wildman–Crippen MR) is 152 cm³/mol. The molecular weight excluding hydrogens is 514 g/mol. The molecule has 0 spiro atoms. The number of aromatic nitrogens is 3. The Bertz CT molecular complexity index is 1480. The summed E-state index contributed by atoms with van der Waals surface area (Å²) in [6.07, 6.45) is 0. The topological polar surface area (TPSA) is 99.5 Å². The van der Waals surface area contributed by atoms with Crippen LogP contribution >= 0.6 is 11.8 Å². The third kappa shape index (κ3) is 5.42. The summed E-state index contributed by atoms with van der Waals surface area (Å²) in [7, 11) is 4.68. The molecule has 200 valence electrons. The maximum absolute atomic E-state index is 13.8. The molecule has 5 rings (SSSR count). The third-order valence-corrected chi connectivity index (χ3v) is 7.23. The van der Waals surface area contributed by atoms with Gasteiger partial charge in [-0.25, -0.2) is 4.68 Å². The number of hydrogen-bond donors (Lipinski definition) is 2. The summed E-state index contributed by atoms with van der Waals surface area (Å²) < 4.78 is 18.5. The molecule has 1 aromatic heterocycles. The number of carbonyl (C=O) groups excluding carboxylic acids is 1. The van der Waals surface area contributed by atoms with E-state index in [1.165, 1.54) is 17.3 Å². The molecule has 0 radical (unpaired) electrons. The smallest absolute Gasteiger partial charge is 0.255 e. The lowest BCUT2D eigenvalue weighted by atomic mass is 9.94. The molecule has 1 atom stereocenters. The Labute approximate surface area is 231 Å². The Morgan fingerprint density at radius 1 is 0.974 bits per heavy atom. The van der Waals surface area contributed by atoms with Gasteiger partial charge in [-0.05, 0) is 42.3 Å². The molecule has 10 heteroatoms. The number of ether oxygens (including phenoxy) is 3. The van der Waals surface area contributed by atoms with Gasteiger partial charge in [-0.1, -0.05) is 60.3 Å². The van der Waals surface area contributed by atoms with Crippen LogP contribution in [-0.4, -0.2) is 42.0 Å². The highest BCUT2D eigenvalue weighted by Crippen LogP contribution is 2.44. The van der Waals surface area contributed by atoms with Gasteiger partial charge in [0.25, 0.3) is 5.91 Å². The fraction of sp³-hybridized carbons (Fsp3) is 0.207. The maximum atomic E-state index is 13.8. The van der Waals surface area contributed by atoms with Crippen LogP contribution in [0.15, 0.2) is 89.2 Å². The molecule has 39 heavy (non-hydrogen) atoms. The minimum Gasteiger partial charge on any atom is -0.493 e. The molecule has 1 amide bonds. The number of nitrogens with zero attached hydrogens (tertiary/aromatic N) is 3. The monoisotopic (exact) mass is 543 g/mol. The van der Waals surface area contributed by atoms with Gasteiger partial charge in [0.1, 0.15) is 6.04 Å². The van der Waals surface area contributed by atoms with Crippen LogP contribution in [0.1, 0.15) is 24.1 Å². The van der Waals surface area contributed by atoms with Gasteiger partial charge in [0.15, 0.2) is 11.5 Å². The van der Waals surface area contributed by atoms with Crippen molar-refractivity contribution in [1.82, 2.24) is 14.8 Å². The minimum atomic E-state index is -0.614. The number of rotatable bonds is 9. The van der Waals surface area contributed by atoms with Crippen LogP contribution < -0.4 is 24.8 Å². The van der Waals surface area contributed by atoms with Gasteiger partial charge in [0.2, 0.25) is 16.9 Å². The summed E-state index contributed by atoms with van der Waals surface area (Å²) in [6, 6.07) is 22.5. The number of amides is 1. The lowest BCUT2D eigenvalue weighted by Gasteiger charge is -2.29. The zero-order valence-electron chi connectivity index (χ0n) is 22.1. The van der Waals surface area contributed by atoms with Crippen LogP contribution in [0.4, 0.5) is 11.6 Å². The minimum absolute atomic E-state index is 0.260. The second kappa shape index (κ2) is 11.5. The summed E-state index contributed by atoms with van der Waals surface area (Å²) in [5.74, 6) is 2.42. The van der Waals surface area contributed by atoms with Crippen molar-refractivity contribution < 1.29 is 19.0 Å². The lowest BCUT2D eigenvalue weighted by molar-refractivity contribution is -0.113. The number of nitrogens with one attached hydrogen (secondary N) is 2. The van der Waals surface area contributed by atoms with Crippen LogP contribution in [-0.2, 0) is 10.5 Å². The maximum Gasteiger partial charge on any atom is 0.255 e. The summed E-state index contributed by atoms with van der Waals surface area (Å²) in [6.45, 7) is 1.86. The first kappa shape index (κ1) is 26.2. The molecule has 9 nitrogen and oxygen atoms in total. The molecule has 1 aliphatic heterocycles. The van der Waals surface area contributed by atoms with Crippen molar-refractivity contribution in [2.75, 3.05) is 32.0 Å². The van der Waals surface area contributed by atoms with Crippen molar-refractivity contribution in [2.24, 2.45) is 0 Å². The fourth-order valence-corrected chi connectivity index (χ4v) is 5.28. The predicted octanol–water partition coefficient (Wildman–Crippen LogP) is 5.52. The lowest BCUT2D eigenvalue weighted by Crippen LogP contribution is -2.31. The van der Waals surface area contributed by atoms with Gasteiger partial charge in [-0.2, -0.15) is 4.98 Å². The van der Waals surface area contributed by atoms with Crippen molar-refractivity contribution in [3.05, 3.63) is 95.2 Å². The van der Waals surface area contributed by atoms with E-state index in [2.05, 4.69) is 22.8 Å². The number of benzene rings is 3. The number of allylic oxidation sites excluding steroid dienone is 1. The van der Waals surface area contributed by atoms with Crippen LogP contribution in [0.5, 0.6) is 17.2 Å². The molecule has 3 aromatic carbocycles. The fourth-order valence-electron chi connectivity index (χ4n) is 4.50. The first-order chi connectivity index (χ1) is 19.0. The first-order valence-electron chi connectivity index (χ1n) is 12.3. The Morgan fingerprint density at radius 2 is 1.62 bits per heavy atom. The average Bonchev–Trinajstić information content (AvgIpc) is 3.37. The van der Waals surface area contributed by atoms with E-state index < -0.39 is 6.04 Å². The Kier molecular flexibility index (Phi) is 7.74. The van der Waals surface area contributed by atoms with E-state index in [0.717, 1.165) is 5.56 Å². The molecule has 2 N–H and O–H groups in total. The van der Waals surface area contributed by atoms with Crippen LogP contribution in [0.25, 0.3) is 0 Å². The molecule has 1 aliphatic rings. The number of hydrogen-bond acceptors (Lipinski definition) is 8. The van der Waals surface area contributed by atoms with Crippen LogP contribution in [0.2, 0.25) is 0 Å². The van der Waals surface area contributed by atoms with Gasteiger partial charge in [0.05, 0.1) is 26.9 Å². The number of methoxy groups -OCH3 is 3. The number of anilines is 2. The molecule has 0 saturated carbocycles. The molecule has 1 unspecified atom stereocenters. The van der Waals surface area contributed by atoms with E-state index in [-0.39, 0.29) is 5.91 Å². The molecule has 0 saturated heterocycles. The molecule has 0 aliphatic carbocycles. The van der Waals surface area contributed by atoms with Crippen molar-refractivity contribution >= 4 is 29.3 Å². The molecular formula is C29H29N5O4S. The zero-order valence-corrected chi connectivity index (χ0v) is 22.9. The summed E-state index contributed by atoms with van der Waals surface area (Å²) in [4.78, 5) is 18.5. The highest BCUT2D eigenvalue weighted by atomic mass is 32.2. The SMILES string of the molecule is COc1cc(C2C(C(=O)Nc3ccccc3)=C(C)Nc3nc(SCc4ccccc4)nn32)cc(OC)c1OC. The van der Waals surface area contributed by atoms with E-state index in [4.69, 9.17) is 24.3 Å². The van der Waals surface area contributed by atoms with E-state index in [1.807, 2.05) is 67.6 Å². The van der Waals surface area contributed by atoms with Crippen molar-refractivity contribution in [1.29, 1.82) is 0 Å². The third-order valence-electron chi connectivity index (χ3n) is 6.32. The van der Waals surface area contributed by atoms with E-state index in [0.29, 0.717) is 51.1 Å². The number of thioether (sulfide) groups is 1. The average molecular weight is 544 g/mol. The standard InChI is InChI=1S/C29H29N5O4S/c1-18-24(27(35)31-21-13-9-6-10-14-21)25(20-15-22(36-2)26(38-4)23(16-20)37-3)34-28(30-18)32-29(33-34)39-17-19-11-7-5-8-12-19/h5-16,25H,17H2,1-4H3,(H,31,35)(H,30,32,33). The highest BCUT2D eigenvalue weighted by molar-refractivity contribution is 7.98. The number of para-hydroxylation sites is 1. The van der Waals surface area contributed by atoms with Gasteiger partial charge >= 0.3 is 0 Å². The van der Waals surface area contributed by atoms with Gasteiger partial charge < -0.3 is 24.8 Å². The van der Waals surface area contributed by atoms with E-state index >= 15 is 0 Å². The first-order valence-corrected chi connectivity index (χ1v) is 13.3. The summed E-state index contributed by atoms with van der Waals surface area (Å²) in [5.41, 5.74) is 3.75. The number of fused-ring (bicyclic) bond motifs is 1. The van der Waals surface area contributed by atoms with Crippen LogP contribution in [0.3, 0.4) is 0 Å². The molecule has 4 aromatic rings. The Hall–Kier alpha value is -4.44. The highest BCUT2D eigenvalue weighted by Gasteiger charge is 2.35. The summed E-state index contributed by atoms with van der Waals surface area (Å²) >= 11 is 1.53. The Morgan fingerprint density at radius 3 is 2.23 bits per heavy atom. The van der Waals surface area contributed by atoms with Crippen LogP contribution in [0, 0.1) is 0 Å². The molecule has 0 bridgehead atoms. The second-order valence-electron chi connectivity index (χ2n) is 8.78. The van der Waals surface area contributed by atoms with Gasteiger partial charge in [-0.3, -0.25) is 4.79 Å². The summed E-state index contributed by atoms with van der Waals surface area (Å²) in [5, 5.41) is 11.7. The largest absolute Gasteiger partial charge is 0.493 e. The van der Waals surface area contributed by atoms with E-state index in [9.17, 15) is 4.79 Å². The van der Waals surface area contributed by atoms with E-state index in [1.54, 1.807) is 26.0 Å². The Balaban J connectivity index is 1.58. The van der Waals surface area contributed by atoms with Gasteiger partial charge in [-0.15, -0.1) is 5.10 Å². The van der Waals surface area contributed by atoms with Gasteiger partial charge in [0, 0.05) is 17.1 Å². The second-order valence-corrected chi connectivity index (χ2v) is 9.72. The van der Waals surface area contributed by atoms with Crippen molar-refractivity contribution in [3.63, 3.8) is 0 Å². The molecule has 2 heterocycles. The van der Waals surface area contributed by atoms with Crippen molar-refractivity contribution in [3.8, 4) is 17.2 Å². The molecule has 0 fully saturated rings.